The van der Waals surface area contributed by atoms with Crippen LogP contribution in [-0.4, -0.2) is 13.1 Å². The van der Waals surface area contributed by atoms with Crippen LogP contribution in [0.3, 0.4) is 0 Å². The van der Waals surface area contributed by atoms with E-state index in [4.69, 9.17) is 0 Å². The number of hydrogen-bond acceptors (Lipinski definition) is 1. The summed E-state index contributed by atoms with van der Waals surface area (Å²) in [6.07, 6.45) is 3.65. The van der Waals surface area contributed by atoms with Gasteiger partial charge in [0.1, 0.15) is 5.82 Å². The Bertz CT molecular complexity index is 346. The lowest BCUT2D eigenvalue weighted by atomic mass is 9.91. The Hall–Kier alpha value is -0.890. The zero-order valence-electron chi connectivity index (χ0n) is 10.0. The highest BCUT2D eigenvalue weighted by Gasteiger charge is 2.32. The molecule has 0 radical (unpaired) electrons. The van der Waals surface area contributed by atoms with Crippen molar-refractivity contribution in [3.8, 4) is 0 Å². The first kappa shape index (κ1) is 11.6. The highest BCUT2D eigenvalue weighted by Crippen LogP contribution is 2.38. The van der Waals surface area contributed by atoms with E-state index in [1.807, 2.05) is 13.1 Å². The Balaban J connectivity index is 2.00. The third kappa shape index (κ3) is 2.82. The molecule has 2 heteroatoms. The van der Waals surface area contributed by atoms with Crippen LogP contribution in [0, 0.1) is 17.7 Å². The second-order valence-electron chi connectivity index (χ2n) is 4.93. The van der Waals surface area contributed by atoms with Crippen molar-refractivity contribution in [3.05, 3.63) is 35.6 Å². The molecule has 0 spiro atoms. The second kappa shape index (κ2) is 4.96. The number of likely N-dealkylation sites (N-methyl/N-ethyl adjacent to an activating group) is 1. The maximum atomic E-state index is 13.1. The predicted octanol–water partition coefficient (Wildman–Crippen LogP) is 3.00. The first-order valence-electron chi connectivity index (χ1n) is 6.12. The molecule has 1 saturated carbocycles. The van der Waals surface area contributed by atoms with Crippen molar-refractivity contribution in [1.82, 2.24) is 5.32 Å². The van der Waals surface area contributed by atoms with Crippen molar-refractivity contribution in [1.29, 1.82) is 0 Å². The van der Waals surface area contributed by atoms with Gasteiger partial charge in [-0.1, -0.05) is 19.1 Å². The van der Waals surface area contributed by atoms with E-state index in [0.29, 0.717) is 12.0 Å². The van der Waals surface area contributed by atoms with Crippen molar-refractivity contribution >= 4 is 0 Å². The fraction of sp³-hybridized carbons (Fsp3) is 0.571. The Labute approximate surface area is 97.1 Å². The molecule has 0 saturated heterocycles. The molecule has 0 amide bonds. The van der Waals surface area contributed by atoms with E-state index in [1.165, 1.54) is 18.9 Å². The highest BCUT2D eigenvalue weighted by molar-refractivity contribution is 5.17. The number of rotatable bonds is 5. The first-order valence-corrected chi connectivity index (χ1v) is 6.12. The summed E-state index contributed by atoms with van der Waals surface area (Å²) in [7, 11) is 2.00. The van der Waals surface area contributed by atoms with E-state index in [1.54, 1.807) is 12.1 Å². The summed E-state index contributed by atoms with van der Waals surface area (Å²) in [5.41, 5.74) is 1.09. The van der Waals surface area contributed by atoms with Crippen LogP contribution in [0.2, 0.25) is 0 Å². The van der Waals surface area contributed by atoms with E-state index in [9.17, 15) is 4.39 Å². The van der Waals surface area contributed by atoms with Gasteiger partial charge in [-0.2, -0.15) is 0 Å². The topological polar surface area (TPSA) is 12.0 Å². The first-order chi connectivity index (χ1) is 7.70. The van der Waals surface area contributed by atoms with Crippen LogP contribution in [0.5, 0.6) is 0 Å². The van der Waals surface area contributed by atoms with Crippen LogP contribution in [0.4, 0.5) is 4.39 Å². The van der Waals surface area contributed by atoms with Gasteiger partial charge in [0.15, 0.2) is 0 Å². The predicted molar refractivity (Wildman–Crippen MR) is 64.8 cm³/mol. The molecular formula is C14H20FN. The average molecular weight is 221 g/mol. The molecule has 1 aromatic carbocycles. The summed E-state index contributed by atoms with van der Waals surface area (Å²) >= 11 is 0. The number of hydrogen-bond donors (Lipinski definition) is 1. The molecular weight excluding hydrogens is 201 g/mol. The molecule has 1 aliphatic carbocycles. The fourth-order valence-electron chi connectivity index (χ4n) is 2.42. The standard InChI is InChI=1S/C14H20FN/c1-10(12-6-7-12)14(16-2)9-11-4-3-5-13(15)8-11/h3-5,8,10,12,14,16H,6-7,9H2,1-2H3. The van der Waals surface area contributed by atoms with Crippen LogP contribution < -0.4 is 5.32 Å². The van der Waals surface area contributed by atoms with E-state index < -0.39 is 0 Å². The molecule has 0 aliphatic heterocycles. The van der Waals surface area contributed by atoms with E-state index in [0.717, 1.165) is 17.9 Å². The lowest BCUT2D eigenvalue weighted by molar-refractivity contribution is 0.357. The van der Waals surface area contributed by atoms with Gasteiger partial charge in [-0.05, 0) is 55.8 Å². The van der Waals surface area contributed by atoms with Crippen LogP contribution in [0.1, 0.15) is 25.3 Å². The lowest BCUT2D eigenvalue weighted by Crippen LogP contribution is -2.35. The van der Waals surface area contributed by atoms with Gasteiger partial charge in [-0.15, -0.1) is 0 Å². The fourth-order valence-corrected chi connectivity index (χ4v) is 2.42. The molecule has 16 heavy (non-hydrogen) atoms. The van der Waals surface area contributed by atoms with Crippen molar-refractivity contribution in [3.63, 3.8) is 0 Å². The molecule has 2 atom stereocenters. The molecule has 0 bridgehead atoms. The molecule has 1 N–H and O–H groups in total. The molecule has 1 fully saturated rings. The third-order valence-corrected chi connectivity index (χ3v) is 3.72. The molecule has 2 rings (SSSR count). The lowest BCUT2D eigenvalue weighted by Gasteiger charge is -2.23. The maximum Gasteiger partial charge on any atom is 0.123 e. The summed E-state index contributed by atoms with van der Waals surface area (Å²) in [4.78, 5) is 0. The molecule has 1 nitrogen and oxygen atoms in total. The molecule has 0 aromatic heterocycles. The van der Waals surface area contributed by atoms with Gasteiger partial charge in [-0.25, -0.2) is 4.39 Å². The minimum absolute atomic E-state index is 0.133. The SMILES string of the molecule is CNC(Cc1cccc(F)c1)C(C)C1CC1. The monoisotopic (exact) mass is 221 g/mol. The normalized spacial score (nSPS) is 19.4. The van der Waals surface area contributed by atoms with Crippen LogP contribution >= 0.6 is 0 Å². The Kier molecular flexibility index (Phi) is 3.59. The van der Waals surface area contributed by atoms with Crippen LogP contribution in [0.15, 0.2) is 24.3 Å². The molecule has 2 unspecified atom stereocenters. The molecule has 1 aliphatic rings. The van der Waals surface area contributed by atoms with Crippen molar-refractivity contribution in [2.75, 3.05) is 7.05 Å². The highest BCUT2D eigenvalue weighted by atomic mass is 19.1. The minimum atomic E-state index is -0.133. The summed E-state index contributed by atoms with van der Waals surface area (Å²) < 4.78 is 13.1. The van der Waals surface area contributed by atoms with Crippen molar-refractivity contribution in [2.24, 2.45) is 11.8 Å². The minimum Gasteiger partial charge on any atom is -0.316 e. The zero-order valence-corrected chi connectivity index (χ0v) is 10.0. The summed E-state index contributed by atoms with van der Waals surface area (Å²) in [5, 5.41) is 3.37. The Morgan fingerprint density at radius 3 is 2.75 bits per heavy atom. The Morgan fingerprint density at radius 1 is 1.44 bits per heavy atom. The third-order valence-electron chi connectivity index (χ3n) is 3.72. The van der Waals surface area contributed by atoms with Gasteiger partial charge in [0, 0.05) is 6.04 Å². The zero-order chi connectivity index (χ0) is 11.5. The van der Waals surface area contributed by atoms with Gasteiger partial charge in [-0.3, -0.25) is 0 Å². The van der Waals surface area contributed by atoms with E-state index in [-0.39, 0.29) is 5.82 Å². The van der Waals surface area contributed by atoms with Gasteiger partial charge < -0.3 is 5.32 Å². The quantitative estimate of drug-likeness (QED) is 0.806. The average Bonchev–Trinajstić information content (AvgIpc) is 3.09. The number of halogens is 1. The van der Waals surface area contributed by atoms with Gasteiger partial charge in [0.05, 0.1) is 0 Å². The summed E-state index contributed by atoms with van der Waals surface area (Å²) in [6, 6.07) is 7.41. The van der Waals surface area contributed by atoms with E-state index >= 15 is 0 Å². The summed E-state index contributed by atoms with van der Waals surface area (Å²) in [5.74, 6) is 1.44. The number of benzene rings is 1. The van der Waals surface area contributed by atoms with Crippen LogP contribution in [0.25, 0.3) is 0 Å². The summed E-state index contributed by atoms with van der Waals surface area (Å²) in [6.45, 7) is 2.30. The largest absolute Gasteiger partial charge is 0.316 e. The van der Waals surface area contributed by atoms with Gasteiger partial charge in [0.2, 0.25) is 0 Å². The van der Waals surface area contributed by atoms with Crippen molar-refractivity contribution in [2.45, 2.75) is 32.2 Å². The molecule has 1 aromatic rings. The van der Waals surface area contributed by atoms with E-state index in [2.05, 4.69) is 12.2 Å². The van der Waals surface area contributed by atoms with Gasteiger partial charge >= 0.3 is 0 Å². The number of nitrogens with one attached hydrogen (secondary N) is 1. The van der Waals surface area contributed by atoms with Crippen LogP contribution in [-0.2, 0) is 6.42 Å². The maximum absolute atomic E-state index is 13.1. The van der Waals surface area contributed by atoms with Crippen molar-refractivity contribution < 1.29 is 4.39 Å². The van der Waals surface area contributed by atoms with Gasteiger partial charge in [0.25, 0.3) is 0 Å². The molecule has 88 valence electrons. The Morgan fingerprint density at radius 2 is 2.19 bits per heavy atom. The molecule has 0 heterocycles. The smallest absolute Gasteiger partial charge is 0.123 e. The second-order valence-corrected chi connectivity index (χ2v) is 4.93.